The summed E-state index contributed by atoms with van der Waals surface area (Å²) in [6.45, 7) is 2.09. The molecule has 0 spiro atoms. The van der Waals surface area contributed by atoms with E-state index in [1.54, 1.807) is 25.1 Å². The number of thioether (sulfide) groups is 1. The Morgan fingerprint density at radius 3 is 3.05 bits per heavy atom. The van der Waals surface area contributed by atoms with Gasteiger partial charge < -0.3 is 20.6 Å². The third-order valence-corrected chi connectivity index (χ3v) is 3.77. The number of carbonyl (C=O) groups excluding carboxylic acids is 2. The summed E-state index contributed by atoms with van der Waals surface area (Å²) in [5.74, 6) is -0.169. The molecule has 2 rings (SSSR count). The Morgan fingerprint density at radius 1 is 1.52 bits per heavy atom. The highest BCUT2D eigenvalue weighted by Crippen LogP contribution is 2.19. The zero-order chi connectivity index (χ0) is 15.2. The highest BCUT2D eigenvalue weighted by Gasteiger charge is 2.24. The van der Waals surface area contributed by atoms with Gasteiger partial charge in [0, 0.05) is 23.6 Å². The highest BCUT2D eigenvalue weighted by molar-refractivity contribution is 7.99. The van der Waals surface area contributed by atoms with E-state index in [0.717, 1.165) is 4.73 Å². The van der Waals surface area contributed by atoms with Crippen LogP contribution in [0.3, 0.4) is 0 Å². The molecule has 0 radical (unpaired) electrons. The van der Waals surface area contributed by atoms with Crippen molar-refractivity contribution in [1.29, 1.82) is 0 Å². The Balaban J connectivity index is 2.14. The number of nitrogens with zero attached hydrogens (tertiary/aromatic N) is 1. The van der Waals surface area contributed by atoms with Gasteiger partial charge in [-0.15, -0.1) is 0 Å². The minimum absolute atomic E-state index is 0.118. The largest absolute Gasteiger partial charge is 0.618 e. The Hall–Kier alpha value is -2.22. The van der Waals surface area contributed by atoms with Crippen LogP contribution < -0.4 is 15.4 Å². The summed E-state index contributed by atoms with van der Waals surface area (Å²) < 4.78 is 5.69. The summed E-state index contributed by atoms with van der Waals surface area (Å²) in [6, 6.07) is 4.68. The fraction of sp³-hybridized carbons (Fsp3) is 0.308. The molecule has 0 aliphatic carbocycles. The van der Waals surface area contributed by atoms with Crippen LogP contribution in [0, 0.1) is 5.21 Å². The van der Waals surface area contributed by atoms with E-state index >= 15 is 0 Å². The van der Waals surface area contributed by atoms with Gasteiger partial charge in [0.15, 0.2) is 6.20 Å². The van der Waals surface area contributed by atoms with Crippen molar-refractivity contribution in [2.24, 2.45) is 0 Å². The molecule has 0 atom stereocenters. The molecule has 2 N–H and O–H groups in total. The molecule has 0 aromatic carbocycles. The molecular weight excluding hydrogens is 294 g/mol. The van der Waals surface area contributed by atoms with Crippen molar-refractivity contribution in [3.63, 3.8) is 0 Å². The molecule has 1 aliphatic rings. The van der Waals surface area contributed by atoms with Crippen molar-refractivity contribution in [3.05, 3.63) is 40.9 Å². The molecule has 112 valence electrons. The molecule has 2 amide bonds. The van der Waals surface area contributed by atoms with E-state index in [4.69, 9.17) is 4.74 Å². The van der Waals surface area contributed by atoms with Crippen LogP contribution in [0.4, 0.5) is 4.79 Å². The number of urea groups is 1. The lowest BCUT2D eigenvalue weighted by Crippen LogP contribution is -2.44. The standard InChI is InChI=1S/C13H15N3O4S/c1-2-20-12(17)9-7-14-13(18)15-10(9)8-21-11-5-3-4-6-16(11)19/h3-6H,2,7-8H2,1H3,(H2,14,15,18). The first-order chi connectivity index (χ1) is 10.1. The number of amides is 2. The molecular formula is C13H15N3O4S. The minimum atomic E-state index is -0.469. The van der Waals surface area contributed by atoms with E-state index in [1.807, 2.05) is 0 Å². The number of carbonyl (C=O) groups is 2. The number of esters is 1. The van der Waals surface area contributed by atoms with Gasteiger partial charge in [-0.1, -0.05) is 0 Å². The number of nitrogens with one attached hydrogen (secondary N) is 2. The first-order valence-corrected chi connectivity index (χ1v) is 7.35. The first kappa shape index (κ1) is 15.2. The van der Waals surface area contributed by atoms with E-state index in [1.165, 1.54) is 18.0 Å². The van der Waals surface area contributed by atoms with Gasteiger partial charge in [0.2, 0.25) is 0 Å². The van der Waals surface area contributed by atoms with Gasteiger partial charge in [0.05, 0.1) is 18.7 Å². The maximum Gasteiger partial charge on any atom is 0.337 e. The highest BCUT2D eigenvalue weighted by atomic mass is 32.2. The molecule has 2 heterocycles. The lowest BCUT2D eigenvalue weighted by Gasteiger charge is -2.20. The van der Waals surface area contributed by atoms with Crippen LogP contribution in [-0.4, -0.2) is 30.9 Å². The first-order valence-electron chi connectivity index (χ1n) is 6.36. The smallest absolute Gasteiger partial charge is 0.337 e. The van der Waals surface area contributed by atoms with Crippen LogP contribution in [-0.2, 0) is 9.53 Å². The molecule has 1 aliphatic heterocycles. The fourth-order valence-corrected chi connectivity index (χ4v) is 2.64. The number of pyridine rings is 1. The van der Waals surface area contributed by atoms with E-state index in [0.29, 0.717) is 22.0 Å². The maximum absolute atomic E-state index is 11.8. The average molecular weight is 309 g/mol. The second-order valence-electron chi connectivity index (χ2n) is 4.14. The number of ether oxygens (including phenoxy) is 1. The van der Waals surface area contributed by atoms with Crippen molar-refractivity contribution in [2.45, 2.75) is 11.9 Å². The number of aromatic nitrogens is 1. The third-order valence-electron chi connectivity index (χ3n) is 2.73. The van der Waals surface area contributed by atoms with Crippen LogP contribution in [0.2, 0.25) is 0 Å². The zero-order valence-corrected chi connectivity index (χ0v) is 12.2. The Morgan fingerprint density at radius 2 is 2.33 bits per heavy atom. The van der Waals surface area contributed by atoms with Gasteiger partial charge in [-0.25, -0.2) is 9.59 Å². The van der Waals surface area contributed by atoms with Gasteiger partial charge in [-0.05, 0) is 24.8 Å². The van der Waals surface area contributed by atoms with Crippen molar-refractivity contribution in [2.75, 3.05) is 18.9 Å². The summed E-state index contributed by atoms with van der Waals surface area (Å²) in [5.41, 5.74) is 0.836. The normalized spacial score (nSPS) is 14.4. The van der Waals surface area contributed by atoms with E-state index in [9.17, 15) is 14.8 Å². The maximum atomic E-state index is 11.8. The molecule has 7 nitrogen and oxygen atoms in total. The molecule has 0 saturated heterocycles. The quantitative estimate of drug-likeness (QED) is 0.358. The fourth-order valence-electron chi connectivity index (χ4n) is 1.74. The Kier molecular flexibility index (Phi) is 5.04. The monoisotopic (exact) mass is 309 g/mol. The summed E-state index contributed by atoms with van der Waals surface area (Å²) in [7, 11) is 0. The Labute approximate surface area is 125 Å². The molecule has 0 fully saturated rings. The lowest BCUT2D eigenvalue weighted by atomic mass is 10.2. The predicted molar refractivity (Wildman–Crippen MR) is 76.3 cm³/mol. The summed E-state index contributed by atoms with van der Waals surface area (Å²) in [4.78, 5) is 23.2. The topological polar surface area (TPSA) is 94.4 Å². The van der Waals surface area contributed by atoms with Crippen molar-refractivity contribution in [3.8, 4) is 0 Å². The molecule has 0 unspecified atom stereocenters. The number of hydrogen-bond acceptors (Lipinski definition) is 5. The van der Waals surface area contributed by atoms with Crippen LogP contribution >= 0.6 is 11.8 Å². The van der Waals surface area contributed by atoms with Gasteiger partial charge in [0.25, 0.3) is 5.03 Å². The lowest BCUT2D eigenvalue weighted by molar-refractivity contribution is -0.645. The molecule has 0 saturated carbocycles. The molecule has 0 bridgehead atoms. The van der Waals surface area contributed by atoms with E-state index in [-0.39, 0.29) is 19.2 Å². The van der Waals surface area contributed by atoms with Crippen LogP contribution in [0.15, 0.2) is 40.7 Å². The molecule has 1 aromatic heterocycles. The summed E-state index contributed by atoms with van der Waals surface area (Å²) in [6.07, 6.45) is 1.39. The second kappa shape index (κ2) is 6.98. The van der Waals surface area contributed by atoms with Crippen molar-refractivity contribution >= 4 is 23.8 Å². The van der Waals surface area contributed by atoms with Crippen LogP contribution in [0.1, 0.15) is 6.92 Å². The van der Waals surface area contributed by atoms with E-state index < -0.39 is 5.97 Å². The number of hydrogen-bond donors (Lipinski definition) is 2. The second-order valence-corrected chi connectivity index (χ2v) is 5.13. The van der Waals surface area contributed by atoms with E-state index in [2.05, 4.69) is 10.6 Å². The third kappa shape index (κ3) is 3.88. The average Bonchev–Trinajstić information content (AvgIpc) is 2.46. The van der Waals surface area contributed by atoms with Gasteiger partial charge in [-0.3, -0.25) is 0 Å². The summed E-state index contributed by atoms with van der Waals surface area (Å²) in [5, 5.41) is 17.2. The molecule has 1 aromatic rings. The van der Waals surface area contributed by atoms with Crippen molar-refractivity contribution < 1.29 is 19.1 Å². The van der Waals surface area contributed by atoms with Gasteiger partial charge in [0.1, 0.15) is 0 Å². The van der Waals surface area contributed by atoms with Crippen LogP contribution in [0.25, 0.3) is 0 Å². The summed E-state index contributed by atoms with van der Waals surface area (Å²) >= 11 is 1.24. The predicted octanol–water partition coefficient (Wildman–Crippen LogP) is 0.542. The SMILES string of the molecule is CCOC(=O)C1=C(CSc2cccc[n+]2[O-])NC(=O)NC1. The zero-order valence-electron chi connectivity index (χ0n) is 11.4. The molecule has 8 heteroatoms. The number of rotatable bonds is 5. The molecule has 21 heavy (non-hydrogen) atoms. The van der Waals surface area contributed by atoms with Crippen LogP contribution in [0.5, 0.6) is 0 Å². The van der Waals surface area contributed by atoms with Gasteiger partial charge in [-0.2, -0.15) is 4.73 Å². The van der Waals surface area contributed by atoms with Crippen molar-refractivity contribution in [1.82, 2.24) is 10.6 Å². The van der Waals surface area contributed by atoms with Gasteiger partial charge >= 0.3 is 12.0 Å². The minimum Gasteiger partial charge on any atom is -0.618 e. The Bertz CT molecular complexity index is 589.